The Bertz CT molecular complexity index is 444. The van der Waals surface area contributed by atoms with E-state index in [2.05, 4.69) is 10.6 Å². The van der Waals surface area contributed by atoms with Crippen LogP contribution in [0.15, 0.2) is 18.2 Å². The van der Waals surface area contributed by atoms with Gasteiger partial charge >= 0.3 is 6.03 Å². The van der Waals surface area contributed by atoms with Crippen LogP contribution in [0.5, 0.6) is 0 Å². The second kappa shape index (κ2) is 7.19. The molecule has 112 valence electrons. The van der Waals surface area contributed by atoms with Crippen LogP contribution < -0.4 is 10.6 Å². The number of nitrogens with one attached hydrogen (secondary N) is 2. The zero-order valence-corrected chi connectivity index (χ0v) is 11.7. The van der Waals surface area contributed by atoms with Crippen LogP contribution in [0.2, 0.25) is 0 Å². The number of benzene rings is 1. The van der Waals surface area contributed by atoms with E-state index >= 15 is 0 Å². The largest absolute Gasteiger partial charge is 0.396 e. The number of hydrogen-bond donors (Lipinski definition) is 3. The van der Waals surface area contributed by atoms with Crippen molar-refractivity contribution in [2.75, 3.05) is 18.5 Å². The molecular formula is C14H20F2N2O2. The van der Waals surface area contributed by atoms with Crippen LogP contribution >= 0.6 is 0 Å². The molecule has 0 aliphatic heterocycles. The predicted molar refractivity (Wildman–Crippen MR) is 73.5 cm³/mol. The van der Waals surface area contributed by atoms with Gasteiger partial charge in [-0.3, -0.25) is 0 Å². The summed E-state index contributed by atoms with van der Waals surface area (Å²) < 4.78 is 26.6. The second-order valence-corrected chi connectivity index (χ2v) is 5.40. The van der Waals surface area contributed by atoms with Crippen molar-refractivity contribution in [2.45, 2.75) is 26.7 Å². The molecule has 3 N–H and O–H groups in total. The van der Waals surface area contributed by atoms with Gasteiger partial charge in [-0.15, -0.1) is 0 Å². The Hall–Kier alpha value is -1.69. The standard InChI is InChI=1S/C14H20F2N2O2/c1-14(2,9-19)7-4-8-17-13(20)18-12-10(15)5-3-6-11(12)16/h3,5-6,19H,4,7-9H2,1-2H3,(H2,17,18,20). The summed E-state index contributed by atoms with van der Waals surface area (Å²) in [6.07, 6.45) is 1.40. The molecule has 0 radical (unpaired) electrons. The molecule has 20 heavy (non-hydrogen) atoms. The van der Waals surface area contributed by atoms with E-state index in [9.17, 15) is 13.6 Å². The molecule has 2 amide bonds. The van der Waals surface area contributed by atoms with Crippen LogP contribution in [0.3, 0.4) is 0 Å². The lowest BCUT2D eigenvalue weighted by Gasteiger charge is -2.21. The summed E-state index contributed by atoms with van der Waals surface area (Å²) in [6, 6.07) is 2.71. The number of aliphatic hydroxyl groups is 1. The minimum Gasteiger partial charge on any atom is -0.396 e. The SMILES string of the molecule is CC(C)(CO)CCCNC(=O)Nc1c(F)cccc1F. The molecule has 0 bridgehead atoms. The van der Waals surface area contributed by atoms with Crippen LogP contribution in [0.25, 0.3) is 0 Å². The molecule has 0 saturated heterocycles. The molecule has 0 unspecified atom stereocenters. The molecule has 0 aromatic heterocycles. The van der Waals surface area contributed by atoms with Crippen molar-refractivity contribution in [3.8, 4) is 0 Å². The maximum atomic E-state index is 13.3. The number of aliphatic hydroxyl groups excluding tert-OH is 1. The predicted octanol–water partition coefficient (Wildman–Crippen LogP) is 2.89. The van der Waals surface area contributed by atoms with Gasteiger partial charge in [0.05, 0.1) is 0 Å². The Kier molecular flexibility index (Phi) is 5.88. The van der Waals surface area contributed by atoms with E-state index in [1.165, 1.54) is 6.07 Å². The van der Waals surface area contributed by atoms with Crippen molar-refractivity contribution in [1.82, 2.24) is 5.32 Å². The summed E-state index contributed by atoms with van der Waals surface area (Å²) in [5.74, 6) is -1.64. The summed E-state index contributed by atoms with van der Waals surface area (Å²) in [5.41, 5.74) is -0.656. The fraction of sp³-hybridized carbons (Fsp3) is 0.500. The zero-order chi connectivity index (χ0) is 15.2. The molecule has 0 atom stereocenters. The summed E-state index contributed by atoms with van der Waals surface area (Å²) in [7, 11) is 0. The van der Waals surface area contributed by atoms with Crippen molar-refractivity contribution in [3.63, 3.8) is 0 Å². The molecule has 0 heterocycles. The molecule has 0 aliphatic carbocycles. The molecular weight excluding hydrogens is 266 g/mol. The topological polar surface area (TPSA) is 61.4 Å². The third-order valence-corrected chi connectivity index (χ3v) is 2.95. The Labute approximate surface area is 117 Å². The molecule has 1 rings (SSSR count). The first kappa shape index (κ1) is 16.4. The van der Waals surface area contributed by atoms with Crippen molar-refractivity contribution in [1.29, 1.82) is 0 Å². The first-order chi connectivity index (χ1) is 9.35. The third-order valence-electron chi connectivity index (χ3n) is 2.95. The fourth-order valence-corrected chi connectivity index (χ4v) is 1.62. The van der Waals surface area contributed by atoms with Crippen LogP contribution in [-0.4, -0.2) is 24.3 Å². The molecule has 4 nitrogen and oxygen atoms in total. The Morgan fingerprint density at radius 3 is 2.45 bits per heavy atom. The lowest BCUT2D eigenvalue weighted by molar-refractivity contribution is 0.148. The van der Waals surface area contributed by atoms with Gasteiger partial charge in [0.2, 0.25) is 0 Å². The first-order valence-corrected chi connectivity index (χ1v) is 6.45. The number of para-hydroxylation sites is 1. The van der Waals surface area contributed by atoms with Crippen LogP contribution in [0.4, 0.5) is 19.3 Å². The van der Waals surface area contributed by atoms with Crippen molar-refractivity contribution in [2.24, 2.45) is 5.41 Å². The molecule has 0 fully saturated rings. The number of hydrogen-bond acceptors (Lipinski definition) is 2. The maximum Gasteiger partial charge on any atom is 0.319 e. The van der Waals surface area contributed by atoms with E-state index in [-0.39, 0.29) is 12.0 Å². The van der Waals surface area contributed by atoms with Gasteiger partial charge in [0, 0.05) is 13.2 Å². The summed E-state index contributed by atoms with van der Waals surface area (Å²) >= 11 is 0. The first-order valence-electron chi connectivity index (χ1n) is 6.45. The number of urea groups is 1. The Balaban J connectivity index is 2.38. The van der Waals surface area contributed by atoms with E-state index < -0.39 is 23.4 Å². The summed E-state index contributed by atoms with van der Waals surface area (Å²) in [4.78, 5) is 11.5. The monoisotopic (exact) mass is 286 g/mol. The van der Waals surface area contributed by atoms with Gasteiger partial charge in [-0.1, -0.05) is 19.9 Å². The van der Waals surface area contributed by atoms with Crippen LogP contribution in [-0.2, 0) is 0 Å². The van der Waals surface area contributed by atoms with Gasteiger partial charge in [0.15, 0.2) is 0 Å². The fourth-order valence-electron chi connectivity index (χ4n) is 1.62. The van der Waals surface area contributed by atoms with Gasteiger partial charge in [-0.05, 0) is 30.4 Å². The number of rotatable bonds is 6. The van der Waals surface area contributed by atoms with Gasteiger partial charge in [-0.25, -0.2) is 13.6 Å². The minimum atomic E-state index is -0.818. The maximum absolute atomic E-state index is 13.3. The smallest absolute Gasteiger partial charge is 0.319 e. The van der Waals surface area contributed by atoms with Gasteiger partial charge in [0.1, 0.15) is 17.3 Å². The number of carbonyl (C=O) groups is 1. The van der Waals surface area contributed by atoms with Crippen molar-refractivity contribution >= 4 is 11.7 Å². The average Bonchev–Trinajstić information content (AvgIpc) is 2.39. The van der Waals surface area contributed by atoms with Crippen molar-refractivity contribution in [3.05, 3.63) is 29.8 Å². The highest BCUT2D eigenvalue weighted by atomic mass is 19.1. The quantitative estimate of drug-likeness (QED) is 0.704. The van der Waals surface area contributed by atoms with Gasteiger partial charge in [-0.2, -0.15) is 0 Å². The molecule has 0 saturated carbocycles. The molecule has 1 aromatic carbocycles. The normalized spacial score (nSPS) is 11.2. The summed E-state index contributed by atoms with van der Waals surface area (Å²) in [5, 5.41) is 13.7. The third kappa shape index (κ3) is 5.13. The summed E-state index contributed by atoms with van der Waals surface area (Å²) in [6.45, 7) is 4.27. The van der Waals surface area contributed by atoms with Crippen molar-refractivity contribution < 1.29 is 18.7 Å². The highest BCUT2D eigenvalue weighted by Crippen LogP contribution is 2.20. The van der Waals surface area contributed by atoms with E-state index in [0.717, 1.165) is 18.6 Å². The highest BCUT2D eigenvalue weighted by Gasteiger charge is 2.16. The average molecular weight is 286 g/mol. The van der Waals surface area contributed by atoms with Crippen LogP contribution in [0, 0.1) is 17.0 Å². The van der Waals surface area contributed by atoms with E-state index in [1.54, 1.807) is 0 Å². The molecule has 0 aliphatic rings. The minimum absolute atomic E-state index is 0.0691. The lowest BCUT2D eigenvalue weighted by Crippen LogP contribution is -2.31. The molecule has 1 aromatic rings. The number of amides is 2. The van der Waals surface area contributed by atoms with Gasteiger partial charge in [0.25, 0.3) is 0 Å². The lowest BCUT2D eigenvalue weighted by atomic mass is 9.89. The Morgan fingerprint density at radius 2 is 1.90 bits per heavy atom. The zero-order valence-electron chi connectivity index (χ0n) is 11.7. The molecule has 6 heteroatoms. The van der Waals surface area contributed by atoms with Crippen LogP contribution in [0.1, 0.15) is 26.7 Å². The van der Waals surface area contributed by atoms with E-state index in [0.29, 0.717) is 13.0 Å². The van der Waals surface area contributed by atoms with E-state index in [4.69, 9.17) is 5.11 Å². The highest BCUT2D eigenvalue weighted by molar-refractivity contribution is 5.89. The van der Waals surface area contributed by atoms with E-state index in [1.807, 2.05) is 13.8 Å². The second-order valence-electron chi connectivity index (χ2n) is 5.40. The van der Waals surface area contributed by atoms with Gasteiger partial charge < -0.3 is 15.7 Å². The Morgan fingerprint density at radius 1 is 1.30 bits per heavy atom. The number of anilines is 1. The number of halogens is 2. The number of carbonyl (C=O) groups excluding carboxylic acids is 1. The molecule has 0 spiro atoms.